The number of nitrogens with zero attached hydrogens (tertiary/aromatic N) is 3. The second-order valence-corrected chi connectivity index (χ2v) is 5.93. The molecule has 0 fully saturated rings. The predicted octanol–water partition coefficient (Wildman–Crippen LogP) is 2.28. The minimum atomic E-state index is -0.213. The Morgan fingerprint density at radius 1 is 1.21 bits per heavy atom. The molecule has 2 aromatic rings. The topological polar surface area (TPSA) is 99.0 Å². The van der Waals surface area contributed by atoms with E-state index in [9.17, 15) is 14.4 Å². The van der Waals surface area contributed by atoms with Gasteiger partial charge in [0.15, 0.2) is 0 Å². The van der Waals surface area contributed by atoms with Crippen molar-refractivity contribution < 1.29 is 15.8 Å². The maximum Gasteiger partial charge on any atom is 0.267 e. The van der Waals surface area contributed by atoms with Crippen LogP contribution in [0.25, 0.3) is 0 Å². The van der Waals surface area contributed by atoms with Crippen LogP contribution in [0.4, 0.5) is 0 Å². The number of nitrogens with one attached hydrogen (secondary N) is 1. The Labute approximate surface area is 141 Å². The molecule has 0 aliphatic rings. The fourth-order valence-electron chi connectivity index (χ4n) is 1.65. The van der Waals surface area contributed by atoms with E-state index in [0.717, 1.165) is 10.2 Å². The first-order chi connectivity index (χ1) is 11.1. The van der Waals surface area contributed by atoms with E-state index in [2.05, 4.69) is 24.0 Å². The summed E-state index contributed by atoms with van der Waals surface area (Å²) in [4.78, 5) is 32.3. The van der Waals surface area contributed by atoms with E-state index in [0.29, 0.717) is 24.0 Å². The maximum atomic E-state index is 11.0. The Kier molecular flexibility index (Phi) is 6.69. The first-order valence-electron chi connectivity index (χ1n) is 7.61. The Morgan fingerprint density at radius 3 is 2.17 bits per heavy atom. The van der Waals surface area contributed by atoms with Crippen molar-refractivity contribution in [2.45, 2.75) is 41.5 Å². The first kappa shape index (κ1) is 19.4. The van der Waals surface area contributed by atoms with E-state index in [1.807, 2.05) is 6.92 Å². The summed E-state index contributed by atoms with van der Waals surface area (Å²) in [5, 5.41) is 6.38. The molecule has 0 aliphatic heterocycles. The summed E-state index contributed by atoms with van der Waals surface area (Å²) in [6.45, 7) is 11.1. The van der Waals surface area contributed by atoms with Crippen molar-refractivity contribution >= 4 is 11.8 Å². The molecule has 0 unspecified atom stereocenters. The quantitative estimate of drug-likeness (QED) is 0.925. The molecule has 0 atom stereocenters. The minimum Gasteiger partial charge on any atom is -0.476 e. The third-order valence-corrected chi connectivity index (χ3v) is 2.97. The zero-order valence-corrected chi connectivity index (χ0v) is 14.9. The highest BCUT2D eigenvalue weighted by molar-refractivity contribution is 5.75. The normalized spacial score (nSPS) is 10.3. The number of hydrogen-bond acceptors (Lipinski definition) is 5. The highest BCUT2D eigenvalue weighted by Crippen LogP contribution is 2.14. The third kappa shape index (κ3) is 5.53. The van der Waals surface area contributed by atoms with E-state index in [1.165, 1.54) is 24.7 Å². The lowest BCUT2D eigenvalue weighted by Gasteiger charge is -2.05. The Bertz CT molecular complexity index is 773. The van der Waals surface area contributed by atoms with E-state index >= 15 is 0 Å². The third-order valence-electron chi connectivity index (χ3n) is 2.97. The number of aryl methyl sites for hydroxylation is 2. The van der Waals surface area contributed by atoms with Gasteiger partial charge in [-0.25, -0.2) is 9.36 Å². The van der Waals surface area contributed by atoms with Crippen LogP contribution in [-0.2, 0) is 0 Å². The second-order valence-electron chi connectivity index (χ2n) is 5.93. The lowest BCUT2D eigenvalue weighted by molar-refractivity contribution is 0.0911. The van der Waals surface area contributed by atoms with Crippen LogP contribution < -0.4 is 10.3 Å². The molecule has 1 N–H and O–H groups in total. The van der Waals surface area contributed by atoms with Crippen molar-refractivity contribution in [3.8, 4) is 5.88 Å². The summed E-state index contributed by atoms with van der Waals surface area (Å²) in [6.07, 6.45) is 3.16. The van der Waals surface area contributed by atoms with Crippen molar-refractivity contribution in [2.24, 2.45) is 5.92 Å². The average molecular weight is 338 g/mol. The average Bonchev–Trinajstić information content (AvgIpc) is 3.01. The van der Waals surface area contributed by atoms with Crippen LogP contribution in [0.5, 0.6) is 5.88 Å². The van der Waals surface area contributed by atoms with Crippen LogP contribution in [0.15, 0.2) is 17.2 Å². The molecule has 2 aromatic heterocycles. The molecule has 8 nitrogen and oxygen atoms in total. The molecule has 0 aromatic carbocycles. The zero-order chi connectivity index (χ0) is 18.4. The molecule has 0 saturated heterocycles. The molecular formula is C16H26N4O4. The second kappa shape index (κ2) is 8.28. The number of H-pyrrole nitrogens is 1. The highest BCUT2D eigenvalue weighted by atomic mass is 16.5. The Balaban J connectivity index is 0.000000465. The van der Waals surface area contributed by atoms with Gasteiger partial charge in [-0.15, -0.1) is 5.10 Å². The van der Waals surface area contributed by atoms with Gasteiger partial charge in [0, 0.05) is 38.8 Å². The molecule has 0 amide bonds. The summed E-state index contributed by atoms with van der Waals surface area (Å²) in [5.41, 5.74) is 1.23. The van der Waals surface area contributed by atoms with E-state index in [-0.39, 0.29) is 18.8 Å². The molecule has 0 saturated carbocycles. The summed E-state index contributed by atoms with van der Waals surface area (Å²) in [5.74, 6) is 0.712. The summed E-state index contributed by atoms with van der Waals surface area (Å²) in [6, 6.07) is 0. The van der Waals surface area contributed by atoms with Gasteiger partial charge in [-0.05, 0) is 19.8 Å². The molecule has 0 aliphatic carbocycles. The van der Waals surface area contributed by atoms with Crippen LogP contribution >= 0.6 is 0 Å². The summed E-state index contributed by atoms with van der Waals surface area (Å²) >= 11 is 0. The molecule has 0 spiro atoms. The molecule has 2 heterocycles. The molecule has 24 heavy (non-hydrogen) atoms. The smallest absolute Gasteiger partial charge is 0.267 e. The van der Waals surface area contributed by atoms with Crippen molar-refractivity contribution in [3.05, 3.63) is 33.9 Å². The fraction of sp³-hybridized carbons (Fsp3) is 0.500. The van der Waals surface area contributed by atoms with Gasteiger partial charge in [-0.2, -0.15) is 0 Å². The lowest BCUT2D eigenvalue weighted by atomic mass is 10.2. The largest absolute Gasteiger partial charge is 0.476 e. The monoisotopic (exact) mass is 338 g/mol. The SMILES string of the molecule is CC(=O)n1cc(C)c(=O)[nH]1.CC(=O)n1cc(C)c(OCC(C)C)n1.[HH]. The van der Waals surface area contributed by atoms with Gasteiger partial charge in [-0.3, -0.25) is 19.5 Å². The Hall–Kier alpha value is -2.64. The first-order valence-corrected chi connectivity index (χ1v) is 7.61. The van der Waals surface area contributed by atoms with E-state index in [1.54, 1.807) is 13.1 Å². The molecule has 8 heteroatoms. The fourth-order valence-corrected chi connectivity index (χ4v) is 1.65. The van der Waals surface area contributed by atoms with Gasteiger partial charge < -0.3 is 4.74 Å². The zero-order valence-electron chi connectivity index (χ0n) is 14.9. The predicted molar refractivity (Wildman–Crippen MR) is 91.8 cm³/mol. The van der Waals surface area contributed by atoms with E-state index < -0.39 is 0 Å². The van der Waals surface area contributed by atoms with Gasteiger partial charge in [0.1, 0.15) is 0 Å². The number of aromatic amines is 1. The number of hydrogen-bond donors (Lipinski definition) is 1. The van der Waals surface area contributed by atoms with Crippen molar-refractivity contribution in [2.75, 3.05) is 6.61 Å². The standard InChI is InChI=1S/C10H16N2O2.C6H8N2O2.H2/c1-7(2)6-14-10-8(3)5-12(11-10)9(4)13;1-4-3-8(5(2)9)7-6(4)10;/h5,7H,6H2,1-4H3;3H,1-2H3,(H,7,10);1H. The van der Waals surface area contributed by atoms with Crippen LogP contribution in [0.1, 0.15) is 49.8 Å². The van der Waals surface area contributed by atoms with Crippen LogP contribution in [0, 0.1) is 19.8 Å². The van der Waals surface area contributed by atoms with Crippen LogP contribution in [0.3, 0.4) is 0 Å². The number of rotatable bonds is 3. The molecule has 0 bridgehead atoms. The van der Waals surface area contributed by atoms with Crippen LogP contribution in [-0.4, -0.2) is 38.0 Å². The van der Waals surface area contributed by atoms with Crippen molar-refractivity contribution in [1.82, 2.24) is 19.6 Å². The van der Waals surface area contributed by atoms with Gasteiger partial charge in [0.2, 0.25) is 17.7 Å². The summed E-state index contributed by atoms with van der Waals surface area (Å²) < 4.78 is 7.91. The van der Waals surface area contributed by atoms with Gasteiger partial charge in [-0.1, -0.05) is 13.8 Å². The van der Waals surface area contributed by atoms with Gasteiger partial charge in [0.05, 0.1) is 6.61 Å². The number of aromatic nitrogens is 4. The molecule has 0 radical (unpaired) electrons. The molecular weight excluding hydrogens is 312 g/mol. The minimum absolute atomic E-state index is 0. The number of carbonyl (C=O) groups is 2. The van der Waals surface area contributed by atoms with Crippen LogP contribution in [0.2, 0.25) is 0 Å². The van der Waals surface area contributed by atoms with E-state index in [4.69, 9.17) is 4.74 Å². The number of ether oxygens (including phenoxy) is 1. The van der Waals surface area contributed by atoms with Crippen molar-refractivity contribution in [3.63, 3.8) is 0 Å². The molecule has 134 valence electrons. The maximum absolute atomic E-state index is 11.0. The lowest BCUT2D eigenvalue weighted by Crippen LogP contribution is -2.10. The highest BCUT2D eigenvalue weighted by Gasteiger charge is 2.08. The molecule has 2 rings (SSSR count). The number of carbonyl (C=O) groups excluding carboxylic acids is 2. The van der Waals surface area contributed by atoms with Gasteiger partial charge >= 0.3 is 0 Å². The summed E-state index contributed by atoms with van der Waals surface area (Å²) in [7, 11) is 0. The Morgan fingerprint density at radius 2 is 1.83 bits per heavy atom. The van der Waals surface area contributed by atoms with Crippen molar-refractivity contribution in [1.29, 1.82) is 0 Å². The van der Waals surface area contributed by atoms with Gasteiger partial charge in [0.25, 0.3) is 5.56 Å².